The number of hydrogen-bond acceptors (Lipinski definition) is 4. The van der Waals surface area contributed by atoms with Gasteiger partial charge >= 0.3 is 0 Å². The molecule has 0 radical (unpaired) electrons. The molecule has 1 saturated heterocycles. The normalized spacial score (nSPS) is 16.4. The van der Waals surface area contributed by atoms with Crippen molar-refractivity contribution in [2.75, 3.05) is 45.2 Å². The molecule has 2 rings (SSSR count). The van der Waals surface area contributed by atoms with Crippen LogP contribution in [-0.4, -0.2) is 56.6 Å². The van der Waals surface area contributed by atoms with Gasteiger partial charge in [-0.3, -0.25) is 14.7 Å². The van der Waals surface area contributed by atoms with Crippen LogP contribution in [0, 0.1) is 0 Å². The smallest absolute Gasteiger partial charge is 0.234 e. The van der Waals surface area contributed by atoms with Gasteiger partial charge in [0.05, 0.1) is 20.2 Å². The lowest BCUT2D eigenvalue weighted by molar-refractivity contribution is -0.124. The van der Waals surface area contributed by atoms with Crippen molar-refractivity contribution >= 4 is 17.6 Å². The highest BCUT2D eigenvalue weighted by Gasteiger charge is 2.14. The standard InChI is InChI=1S/C14H21N5O2/c1-21-12-4-2-3-11(9-12)18-14(15)17-6-8-19-7-5-16-13(20)10-19/h2-4,9H,5-8,10H2,1H3,(H,16,20)(H3,15,17,18). The second kappa shape index (κ2) is 7.49. The Bertz CT molecular complexity index is 518. The topological polar surface area (TPSA) is 92.0 Å². The van der Waals surface area contributed by atoms with Crippen molar-refractivity contribution in [1.82, 2.24) is 10.2 Å². The predicted molar refractivity (Wildman–Crippen MR) is 82.6 cm³/mol. The highest BCUT2D eigenvalue weighted by molar-refractivity contribution is 5.92. The number of anilines is 1. The highest BCUT2D eigenvalue weighted by Crippen LogP contribution is 2.16. The monoisotopic (exact) mass is 291 g/mol. The second-order valence-corrected chi connectivity index (χ2v) is 4.75. The molecule has 1 heterocycles. The molecule has 114 valence electrons. The van der Waals surface area contributed by atoms with E-state index in [4.69, 9.17) is 10.5 Å². The fraction of sp³-hybridized carbons (Fsp3) is 0.429. The number of nitrogens with zero attached hydrogens (tertiary/aromatic N) is 2. The zero-order chi connectivity index (χ0) is 15.1. The third kappa shape index (κ3) is 4.96. The molecule has 21 heavy (non-hydrogen) atoms. The minimum atomic E-state index is 0.0627. The number of carbonyl (C=O) groups is 1. The van der Waals surface area contributed by atoms with E-state index in [1.165, 1.54) is 0 Å². The third-order valence-corrected chi connectivity index (χ3v) is 3.16. The van der Waals surface area contributed by atoms with Crippen LogP contribution in [0.2, 0.25) is 0 Å². The van der Waals surface area contributed by atoms with Crippen molar-refractivity contribution < 1.29 is 9.53 Å². The molecule has 7 heteroatoms. The third-order valence-electron chi connectivity index (χ3n) is 3.16. The first-order chi connectivity index (χ1) is 10.2. The van der Waals surface area contributed by atoms with Crippen LogP contribution in [0.3, 0.4) is 0 Å². The number of aliphatic imine (C=N–C) groups is 1. The quantitative estimate of drug-likeness (QED) is 0.518. The van der Waals surface area contributed by atoms with Crippen LogP contribution in [0.1, 0.15) is 0 Å². The zero-order valence-corrected chi connectivity index (χ0v) is 12.1. The first kappa shape index (κ1) is 15.1. The Balaban J connectivity index is 1.79. The Morgan fingerprint density at radius 2 is 2.43 bits per heavy atom. The maximum absolute atomic E-state index is 11.2. The van der Waals surface area contributed by atoms with Crippen molar-refractivity contribution in [2.24, 2.45) is 10.7 Å². The summed E-state index contributed by atoms with van der Waals surface area (Å²) >= 11 is 0. The van der Waals surface area contributed by atoms with Gasteiger partial charge in [0, 0.05) is 31.4 Å². The molecule has 0 spiro atoms. The molecule has 1 amide bonds. The summed E-state index contributed by atoms with van der Waals surface area (Å²) in [4.78, 5) is 17.6. The Kier molecular flexibility index (Phi) is 5.39. The van der Waals surface area contributed by atoms with E-state index in [0.717, 1.165) is 18.0 Å². The number of ether oxygens (including phenoxy) is 1. The van der Waals surface area contributed by atoms with E-state index >= 15 is 0 Å². The number of rotatable bonds is 5. The van der Waals surface area contributed by atoms with Gasteiger partial charge in [0.2, 0.25) is 5.91 Å². The minimum Gasteiger partial charge on any atom is -0.497 e. The van der Waals surface area contributed by atoms with Crippen LogP contribution < -0.4 is 21.1 Å². The molecule has 0 unspecified atom stereocenters. The largest absolute Gasteiger partial charge is 0.497 e. The van der Waals surface area contributed by atoms with Crippen molar-refractivity contribution in [3.63, 3.8) is 0 Å². The molecule has 1 aromatic carbocycles. The molecule has 1 aliphatic heterocycles. The number of nitrogens with one attached hydrogen (secondary N) is 2. The number of nitrogens with two attached hydrogens (primary N) is 1. The van der Waals surface area contributed by atoms with Gasteiger partial charge in [-0.05, 0) is 12.1 Å². The number of piperazine rings is 1. The van der Waals surface area contributed by atoms with Crippen LogP contribution in [0.25, 0.3) is 0 Å². The number of amides is 1. The van der Waals surface area contributed by atoms with Gasteiger partial charge < -0.3 is 21.1 Å². The molecule has 0 atom stereocenters. The van der Waals surface area contributed by atoms with E-state index in [-0.39, 0.29) is 5.91 Å². The van der Waals surface area contributed by atoms with E-state index in [1.807, 2.05) is 24.3 Å². The lowest BCUT2D eigenvalue weighted by Crippen LogP contribution is -2.48. The average molecular weight is 291 g/mol. The summed E-state index contributed by atoms with van der Waals surface area (Å²) in [5, 5.41) is 5.80. The van der Waals surface area contributed by atoms with E-state index in [0.29, 0.717) is 32.1 Å². The first-order valence-electron chi connectivity index (χ1n) is 6.87. The summed E-state index contributed by atoms with van der Waals surface area (Å²) in [6.07, 6.45) is 0. The maximum atomic E-state index is 11.2. The fourth-order valence-corrected chi connectivity index (χ4v) is 2.08. The number of hydrogen-bond donors (Lipinski definition) is 3. The molecule has 0 saturated carbocycles. The summed E-state index contributed by atoms with van der Waals surface area (Å²) < 4.78 is 5.14. The lowest BCUT2D eigenvalue weighted by atomic mass is 10.3. The van der Waals surface area contributed by atoms with Gasteiger partial charge in [0.15, 0.2) is 5.96 Å². The van der Waals surface area contributed by atoms with E-state index < -0.39 is 0 Å². The molecule has 4 N–H and O–H groups in total. The maximum Gasteiger partial charge on any atom is 0.234 e. The van der Waals surface area contributed by atoms with Crippen molar-refractivity contribution in [1.29, 1.82) is 0 Å². The zero-order valence-electron chi connectivity index (χ0n) is 12.1. The van der Waals surface area contributed by atoms with Gasteiger partial charge in [-0.2, -0.15) is 0 Å². The molecule has 1 fully saturated rings. The molecule has 1 aliphatic rings. The van der Waals surface area contributed by atoms with Gasteiger partial charge in [-0.15, -0.1) is 0 Å². The second-order valence-electron chi connectivity index (χ2n) is 4.75. The summed E-state index contributed by atoms with van der Waals surface area (Å²) in [5.41, 5.74) is 6.67. The Morgan fingerprint density at radius 1 is 1.57 bits per heavy atom. The van der Waals surface area contributed by atoms with Crippen LogP contribution in [0.4, 0.5) is 5.69 Å². The first-order valence-corrected chi connectivity index (χ1v) is 6.87. The van der Waals surface area contributed by atoms with Crippen molar-refractivity contribution in [3.8, 4) is 5.75 Å². The number of methoxy groups -OCH3 is 1. The van der Waals surface area contributed by atoms with Crippen LogP contribution in [0.15, 0.2) is 29.3 Å². The van der Waals surface area contributed by atoms with Gasteiger partial charge in [0.1, 0.15) is 5.75 Å². The molecule has 0 aromatic heterocycles. The summed E-state index contributed by atoms with van der Waals surface area (Å²) in [7, 11) is 1.62. The van der Waals surface area contributed by atoms with E-state index in [9.17, 15) is 4.79 Å². The SMILES string of the molecule is COc1cccc(NC(N)=NCCN2CCNC(=O)C2)c1. The van der Waals surface area contributed by atoms with Crippen molar-refractivity contribution in [2.45, 2.75) is 0 Å². The summed E-state index contributed by atoms with van der Waals surface area (Å²) in [6, 6.07) is 7.47. The fourth-order valence-electron chi connectivity index (χ4n) is 2.08. The number of guanidine groups is 1. The minimum absolute atomic E-state index is 0.0627. The molecular weight excluding hydrogens is 270 g/mol. The van der Waals surface area contributed by atoms with E-state index in [2.05, 4.69) is 20.5 Å². The molecule has 7 nitrogen and oxygen atoms in total. The molecule has 0 bridgehead atoms. The predicted octanol–water partition coefficient (Wildman–Crippen LogP) is -0.146. The van der Waals surface area contributed by atoms with Gasteiger partial charge in [-0.1, -0.05) is 6.07 Å². The van der Waals surface area contributed by atoms with Gasteiger partial charge in [0.25, 0.3) is 0 Å². The Hall–Kier alpha value is -2.28. The summed E-state index contributed by atoms with van der Waals surface area (Å²) in [6.45, 7) is 3.24. The molecular formula is C14H21N5O2. The van der Waals surface area contributed by atoms with Crippen molar-refractivity contribution in [3.05, 3.63) is 24.3 Å². The Labute approximate surface area is 124 Å². The number of benzene rings is 1. The number of carbonyl (C=O) groups excluding carboxylic acids is 1. The molecule has 0 aliphatic carbocycles. The lowest BCUT2D eigenvalue weighted by Gasteiger charge is -2.25. The summed E-state index contributed by atoms with van der Waals surface area (Å²) in [5.74, 6) is 1.17. The van der Waals surface area contributed by atoms with E-state index in [1.54, 1.807) is 7.11 Å². The average Bonchev–Trinajstić information content (AvgIpc) is 2.47. The Morgan fingerprint density at radius 3 is 3.19 bits per heavy atom. The highest BCUT2D eigenvalue weighted by atomic mass is 16.5. The molecule has 1 aromatic rings. The van der Waals surface area contributed by atoms with Crippen LogP contribution in [-0.2, 0) is 4.79 Å². The van der Waals surface area contributed by atoms with Gasteiger partial charge in [-0.25, -0.2) is 0 Å². The van der Waals surface area contributed by atoms with Crippen LogP contribution in [0.5, 0.6) is 5.75 Å². The van der Waals surface area contributed by atoms with Crippen LogP contribution >= 0.6 is 0 Å².